The van der Waals surface area contributed by atoms with Crippen LogP contribution in [-0.2, 0) is 4.79 Å². The fourth-order valence-electron chi connectivity index (χ4n) is 2.01. The summed E-state index contributed by atoms with van der Waals surface area (Å²) in [6, 6.07) is 6.67. The van der Waals surface area contributed by atoms with Gasteiger partial charge in [-0.1, -0.05) is 0 Å². The first-order chi connectivity index (χ1) is 9.18. The predicted octanol–water partition coefficient (Wildman–Crippen LogP) is 1.73. The molecule has 1 aliphatic heterocycles. The zero-order chi connectivity index (χ0) is 13.4. The first-order valence-electron chi connectivity index (χ1n) is 5.70. The van der Waals surface area contributed by atoms with Gasteiger partial charge in [-0.15, -0.1) is 0 Å². The molecule has 19 heavy (non-hydrogen) atoms. The number of anilines is 3. The zero-order valence-corrected chi connectivity index (χ0v) is 10.1. The van der Waals surface area contributed by atoms with E-state index < -0.39 is 0 Å². The van der Waals surface area contributed by atoms with Crippen LogP contribution in [0, 0.1) is 0 Å². The highest BCUT2D eigenvalue weighted by Gasteiger charge is 2.29. The van der Waals surface area contributed by atoms with Crippen molar-refractivity contribution in [3.63, 3.8) is 0 Å². The lowest BCUT2D eigenvalue weighted by Gasteiger charge is -2.19. The minimum Gasteiger partial charge on any atom is -0.319 e. The number of amides is 2. The summed E-state index contributed by atoms with van der Waals surface area (Å²) >= 11 is 0. The molecule has 0 fully saturated rings. The molecule has 3 heterocycles. The minimum atomic E-state index is -0.305. The molecule has 1 aliphatic rings. The third kappa shape index (κ3) is 1.74. The zero-order valence-electron chi connectivity index (χ0n) is 10.1. The standard InChI is InChI=1S/C13H10N4O2/c1-8(18)17-11-9(4-2-6-14-11)13(19)16-10-5-3-7-15-12(10)17/h2-7H,1H3,(H,16,19). The van der Waals surface area contributed by atoms with E-state index in [1.807, 2.05) is 0 Å². The predicted molar refractivity (Wildman–Crippen MR) is 69.2 cm³/mol. The van der Waals surface area contributed by atoms with E-state index >= 15 is 0 Å². The lowest BCUT2D eigenvalue weighted by molar-refractivity contribution is -0.115. The molecular weight excluding hydrogens is 244 g/mol. The van der Waals surface area contributed by atoms with E-state index in [2.05, 4.69) is 15.3 Å². The monoisotopic (exact) mass is 254 g/mol. The van der Waals surface area contributed by atoms with Gasteiger partial charge in [0.2, 0.25) is 5.91 Å². The number of nitrogens with one attached hydrogen (secondary N) is 1. The quantitative estimate of drug-likeness (QED) is 0.776. The van der Waals surface area contributed by atoms with Crippen molar-refractivity contribution in [1.29, 1.82) is 0 Å². The minimum absolute atomic E-state index is 0.253. The molecule has 0 bridgehead atoms. The number of hydrogen-bond acceptors (Lipinski definition) is 4. The van der Waals surface area contributed by atoms with Crippen LogP contribution in [0.4, 0.5) is 17.3 Å². The second-order valence-electron chi connectivity index (χ2n) is 4.06. The number of pyridine rings is 2. The van der Waals surface area contributed by atoms with E-state index in [1.165, 1.54) is 18.0 Å². The van der Waals surface area contributed by atoms with E-state index in [0.29, 0.717) is 22.9 Å². The van der Waals surface area contributed by atoms with Crippen LogP contribution in [0.25, 0.3) is 0 Å². The highest BCUT2D eigenvalue weighted by atomic mass is 16.2. The number of nitrogens with zero attached hydrogens (tertiary/aromatic N) is 3. The van der Waals surface area contributed by atoms with Crippen molar-refractivity contribution >= 4 is 29.1 Å². The Morgan fingerprint density at radius 3 is 2.58 bits per heavy atom. The highest BCUT2D eigenvalue weighted by Crippen LogP contribution is 2.34. The number of hydrogen-bond donors (Lipinski definition) is 1. The molecule has 6 nitrogen and oxygen atoms in total. The SMILES string of the molecule is CC(=O)N1c2ncccc2NC(=O)c2cccnc21. The molecule has 0 saturated heterocycles. The fourth-order valence-corrected chi connectivity index (χ4v) is 2.01. The Morgan fingerprint density at radius 1 is 1.16 bits per heavy atom. The van der Waals surface area contributed by atoms with Crippen molar-refractivity contribution in [3.8, 4) is 0 Å². The van der Waals surface area contributed by atoms with Crippen LogP contribution in [0.5, 0.6) is 0 Å². The number of carbonyl (C=O) groups excluding carboxylic acids is 2. The first-order valence-corrected chi connectivity index (χ1v) is 5.70. The Kier molecular flexibility index (Phi) is 2.49. The van der Waals surface area contributed by atoms with Crippen LogP contribution in [-0.4, -0.2) is 21.8 Å². The van der Waals surface area contributed by atoms with Crippen LogP contribution in [0.15, 0.2) is 36.7 Å². The second kappa shape index (κ2) is 4.16. The summed E-state index contributed by atoms with van der Waals surface area (Å²) in [5.74, 6) is 0.114. The molecule has 0 radical (unpaired) electrons. The Hall–Kier alpha value is -2.76. The fraction of sp³-hybridized carbons (Fsp3) is 0.0769. The molecule has 6 heteroatoms. The van der Waals surface area contributed by atoms with Crippen molar-refractivity contribution in [2.45, 2.75) is 6.92 Å². The third-order valence-electron chi connectivity index (χ3n) is 2.80. The summed E-state index contributed by atoms with van der Waals surface area (Å²) < 4.78 is 0. The van der Waals surface area contributed by atoms with Crippen LogP contribution in [0.2, 0.25) is 0 Å². The molecule has 0 spiro atoms. The van der Waals surface area contributed by atoms with E-state index in [4.69, 9.17) is 0 Å². The molecular formula is C13H10N4O2. The number of rotatable bonds is 0. The lowest BCUT2D eigenvalue weighted by Crippen LogP contribution is -2.25. The number of aromatic nitrogens is 2. The van der Waals surface area contributed by atoms with Crippen molar-refractivity contribution in [1.82, 2.24) is 9.97 Å². The average Bonchev–Trinajstić information content (AvgIpc) is 2.53. The third-order valence-corrected chi connectivity index (χ3v) is 2.80. The lowest BCUT2D eigenvalue weighted by atomic mass is 10.2. The molecule has 3 rings (SSSR count). The van der Waals surface area contributed by atoms with E-state index in [0.717, 1.165) is 0 Å². The van der Waals surface area contributed by atoms with Crippen molar-refractivity contribution < 1.29 is 9.59 Å². The van der Waals surface area contributed by atoms with Gasteiger partial charge in [0, 0.05) is 19.3 Å². The molecule has 0 aliphatic carbocycles. The van der Waals surface area contributed by atoms with Gasteiger partial charge in [0.25, 0.3) is 5.91 Å². The van der Waals surface area contributed by atoms with Crippen LogP contribution in [0.3, 0.4) is 0 Å². The molecule has 94 valence electrons. The van der Waals surface area contributed by atoms with Gasteiger partial charge in [0.1, 0.15) is 0 Å². The molecule has 2 aromatic heterocycles. The normalized spacial score (nSPS) is 13.1. The summed E-state index contributed by atoms with van der Waals surface area (Å²) in [7, 11) is 0. The first kappa shape index (κ1) is 11.3. The van der Waals surface area contributed by atoms with Gasteiger partial charge in [0.15, 0.2) is 11.6 Å². The Balaban J connectivity index is 2.32. The summed E-state index contributed by atoms with van der Waals surface area (Å²) in [6.07, 6.45) is 3.10. The summed E-state index contributed by atoms with van der Waals surface area (Å²) in [5.41, 5.74) is 0.830. The van der Waals surface area contributed by atoms with E-state index in [-0.39, 0.29) is 11.8 Å². The van der Waals surface area contributed by atoms with Crippen molar-refractivity contribution in [3.05, 3.63) is 42.2 Å². The molecule has 1 N–H and O–H groups in total. The second-order valence-corrected chi connectivity index (χ2v) is 4.06. The van der Waals surface area contributed by atoms with Gasteiger partial charge in [-0.3, -0.25) is 9.59 Å². The molecule has 0 atom stereocenters. The maximum absolute atomic E-state index is 12.1. The summed E-state index contributed by atoms with van der Waals surface area (Å²) in [6.45, 7) is 1.41. The smallest absolute Gasteiger partial charge is 0.259 e. The molecule has 0 saturated carbocycles. The van der Waals surface area contributed by atoms with Gasteiger partial charge in [-0.25, -0.2) is 14.9 Å². The number of fused-ring (bicyclic) bond motifs is 2. The largest absolute Gasteiger partial charge is 0.319 e. The van der Waals surface area contributed by atoms with E-state index in [1.54, 1.807) is 30.5 Å². The van der Waals surface area contributed by atoms with Crippen LogP contribution >= 0.6 is 0 Å². The van der Waals surface area contributed by atoms with Crippen LogP contribution < -0.4 is 10.2 Å². The Bertz CT molecular complexity index is 684. The number of carbonyl (C=O) groups is 2. The van der Waals surface area contributed by atoms with Gasteiger partial charge in [-0.05, 0) is 24.3 Å². The van der Waals surface area contributed by atoms with Gasteiger partial charge in [-0.2, -0.15) is 0 Å². The van der Waals surface area contributed by atoms with Crippen LogP contribution in [0.1, 0.15) is 17.3 Å². The van der Waals surface area contributed by atoms with E-state index in [9.17, 15) is 9.59 Å². The Morgan fingerprint density at radius 2 is 1.84 bits per heavy atom. The van der Waals surface area contributed by atoms with Crippen molar-refractivity contribution in [2.75, 3.05) is 10.2 Å². The molecule has 0 unspecified atom stereocenters. The highest BCUT2D eigenvalue weighted by molar-refractivity contribution is 6.15. The molecule has 2 aromatic rings. The molecule has 0 aromatic carbocycles. The van der Waals surface area contributed by atoms with Gasteiger partial charge >= 0.3 is 0 Å². The molecule has 2 amide bonds. The van der Waals surface area contributed by atoms with Crippen molar-refractivity contribution in [2.24, 2.45) is 0 Å². The average molecular weight is 254 g/mol. The Labute approximate surface area is 109 Å². The van der Waals surface area contributed by atoms with Gasteiger partial charge in [0.05, 0.1) is 11.3 Å². The maximum Gasteiger partial charge on any atom is 0.259 e. The maximum atomic E-state index is 12.1. The summed E-state index contributed by atoms with van der Waals surface area (Å²) in [5, 5.41) is 2.73. The topological polar surface area (TPSA) is 75.2 Å². The van der Waals surface area contributed by atoms with Gasteiger partial charge < -0.3 is 5.32 Å². The summed E-state index contributed by atoms with van der Waals surface area (Å²) in [4.78, 5) is 33.6.